The minimum absolute atomic E-state index is 0.540. The maximum Gasteiger partial charge on any atom is 0.146 e. The summed E-state index contributed by atoms with van der Waals surface area (Å²) >= 11 is 0. The number of rotatable bonds is 3. The number of nitrogen functional groups attached to an aromatic ring is 2. The molecule has 3 aliphatic carbocycles. The summed E-state index contributed by atoms with van der Waals surface area (Å²) in [5.41, 5.74) is 18.6. The molecule has 2 fully saturated rings. The van der Waals surface area contributed by atoms with Crippen molar-refractivity contribution in [1.82, 2.24) is 19.5 Å². The van der Waals surface area contributed by atoms with Crippen molar-refractivity contribution in [2.45, 2.75) is 56.9 Å². The van der Waals surface area contributed by atoms with Gasteiger partial charge in [-0.15, -0.1) is 0 Å². The summed E-state index contributed by atoms with van der Waals surface area (Å²) in [5.74, 6) is 3.47. The summed E-state index contributed by atoms with van der Waals surface area (Å²) in [4.78, 5) is 13.5. The maximum atomic E-state index is 6.28. The monoisotopic (exact) mass is 424 g/mol. The lowest BCUT2D eigenvalue weighted by Gasteiger charge is -2.17. The fourth-order valence-corrected chi connectivity index (χ4v) is 6.76. The average molecular weight is 425 g/mol. The topological polar surface area (TPSA) is 95.6 Å². The van der Waals surface area contributed by atoms with Crippen LogP contribution in [-0.4, -0.2) is 19.5 Å². The van der Waals surface area contributed by atoms with Gasteiger partial charge in [0.05, 0.1) is 10.9 Å². The Kier molecular flexibility index (Phi) is 3.84. The molecule has 4 N–H and O–H groups in total. The Labute approximate surface area is 187 Å². The first kappa shape index (κ1) is 18.4. The van der Waals surface area contributed by atoms with Gasteiger partial charge in [-0.1, -0.05) is 12.1 Å². The van der Waals surface area contributed by atoms with E-state index in [1.54, 1.807) is 6.33 Å². The van der Waals surface area contributed by atoms with E-state index in [2.05, 4.69) is 43.8 Å². The third-order valence-corrected chi connectivity index (χ3v) is 8.29. The van der Waals surface area contributed by atoms with Gasteiger partial charge in [0.15, 0.2) is 0 Å². The minimum Gasteiger partial charge on any atom is -0.384 e. The van der Waals surface area contributed by atoms with Crippen LogP contribution in [0.4, 0.5) is 11.6 Å². The predicted octanol–water partition coefficient (Wildman–Crippen LogP) is 4.78. The van der Waals surface area contributed by atoms with E-state index in [9.17, 15) is 0 Å². The van der Waals surface area contributed by atoms with Gasteiger partial charge in [-0.3, -0.25) is 0 Å². The molecule has 162 valence electrons. The third kappa shape index (κ3) is 2.68. The number of pyridine rings is 1. The molecule has 0 bridgehead atoms. The molecule has 4 atom stereocenters. The van der Waals surface area contributed by atoms with Crippen molar-refractivity contribution >= 4 is 33.6 Å². The Balaban J connectivity index is 1.15. The lowest BCUT2D eigenvalue weighted by atomic mass is 9.97. The maximum absolute atomic E-state index is 6.28. The molecule has 6 nitrogen and oxygen atoms in total. The smallest absolute Gasteiger partial charge is 0.146 e. The predicted molar refractivity (Wildman–Crippen MR) is 127 cm³/mol. The van der Waals surface area contributed by atoms with Crippen molar-refractivity contribution in [1.29, 1.82) is 0 Å². The molecule has 3 aromatic heterocycles. The van der Waals surface area contributed by atoms with E-state index >= 15 is 0 Å². The second-order valence-corrected chi connectivity index (χ2v) is 10.0. The first-order valence-electron chi connectivity index (χ1n) is 12.0. The van der Waals surface area contributed by atoms with E-state index in [4.69, 9.17) is 11.5 Å². The molecule has 2 saturated carbocycles. The fourth-order valence-electron chi connectivity index (χ4n) is 6.76. The number of hydrogen-bond acceptors (Lipinski definition) is 5. The van der Waals surface area contributed by atoms with Crippen molar-refractivity contribution in [3.8, 4) is 0 Å². The van der Waals surface area contributed by atoms with E-state index < -0.39 is 0 Å². The lowest BCUT2D eigenvalue weighted by molar-refractivity contribution is 0.432. The molecule has 6 heteroatoms. The molecule has 3 heterocycles. The fraction of sp³-hybridized carbons (Fsp3) is 0.423. The average Bonchev–Trinajstić information content (AvgIpc) is 3.10. The van der Waals surface area contributed by atoms with Crippen LogP contribution >= 0.6 is 0 Å². The van der Waals surface area contributed by atoms with Crippen molar-refractivity contribution in [3.05, 3.63) is 53.5 Å². The first-order valence-corrected chi connectivity index (χ1v) is 12.0. The van der Waals surface area contributed by atoms with Gasteiger partial charge in [-0.2, -0.15) is 0 Å². The van der Waals surface area contributed by atoms with E-state index in [0.717, 1.165) is 46.6 Å². The van der Waals surface area contributed by atoms with E-state index in [0.29, 0.717) is 23.6 Å². The Bertz CT molecular complexity index is 1370. The van der Waals surface area contributed by atoms with Gasteiger partial charge in [0, 0.05) is 17.1 Å². The number of benzene rings is 1. The van der Waals surface area contributed by atoms with Crippen LogP contribution in [-0.2, 0) is 12.8 Å². The number of aromatic nitrogens is 4. The second-order valence-electron chi connectivity index (χ2n) is 10.0. The normalized spacial score (nSPS) is 26.8. The van der Waals surface area contributed by atoms with Gasteiger partial charge in [-0.05, 0) is 92.0 Å². The summed E-state index contributed by atoms with van der Waals surface area (Å²) in [6.07, 6.45) is 10.2. The summed E-state index contributed by atoms with van der Waals surface area (Å²) in [6, 6.07) is 11.2. The van der Waals surface area contributed by atoms with Crippen LogP contribution in [0.2, 0.25) is 0 Å². The van der Waals surface area contributed by atoms with Crippen molar-refractivity contribution in [2.24, 2.45) is 11.8 Å². The van der Waals surface area contributed by atoms with Crippen LogP contribution in [0.1, 0.15) is 60.9 Å². The quantitative estimate of drug-likeness (QED) is 0.493. The Morgan fingerprint density at radius 1 is 0.969 bits per heavy atom. The summed E-state index contributed by atoms with van der Waals surface area (Å²) in [6.45, 7) is 0. The molecule has 7 rings (SSSR count). The third-order valence-electron chi connectivity index (χ3n) is 8.29. The van der Waals surface area contributed by atoms with Crippen LogP contribution in [0.5, 0.6) is 0 Å². The molecule has 0 spiro atoms. The highest BCUT2D eigenvalue weighted by atomic mass is 15.1. The Hall–Kier alpha value is -3.15. The zero-order valence-corrected chi connectivity index (χ0v) is 18.2. The molecule has 3 aliphatic rings. The standard InChI is InChI=1S/C26H28N6/c27-23-9-7-14-4-5-16(11-21(14)31-23)20-12-19(20)15-6-8-17(10-15)32-22-3-1-2-18(22)24-25(28)29-13-30-26(24)32/h4-5,7,9,11,13,15,17,19-20H,1-3,6,8,10,12H2,(H2,27,31)(H2,28,29,30). The van der Waals surface area contributed by atoms with Crippen LogP contribution < -0.4 is 11.5 Å². The van der Waals surface area contributed by atoms with Gasteiger partial charge in [0.1, 0.15) is 23.6 Å². The molecule has 0 amide bonds. The van der Waals surface area contributed by atoms with Gasteiger partial charge >= 0.3 is 0 Å². The molecule has 0 radical (unpaired) electrons. The zero-order chi connectivity index (χ0) is 21.4. The number of anilines is 2. The van der Waals surface area contributed by atoms with Crippen LogP contribution in [0.15, 0.2) is 36.7 Å². The molecule has 32 heavy (non-hydrogen) atoms. The number of hydrogen-bond donors (Lipinski definition) is 2. The number of fused-ring (bicyclic) bond motifs is 4. The van der Waals surface area contributed by atoms with Gasteiger partial charge in [-0.25, -0.2) is 15.0 Å². The second kappa shape index (κ2) is 6.67. The first-order chi connectivity index (χ1) is 15.7. The van der Waals surface area contributed by atoms with Crippen LogP contribution in [0.25, 0.3) is 21.9 Å². The van der Waals surface area contributed by atoms with Gasteiger partial charge in [0.25, 0.3) is 0 Å². The van der Waals surface area contributed by atoms with Crippen molar-refractivity contribution in [2.75, 3.05) is 11.5 Å². The molecule has 1 aromatic carbocycles. The lowest BCUT2D eigenvalue weighted by Crippen LogP contribution is -2.10. The van der Waals surface area contributed by atoms with Crippen molar-refractivity contribution in [3.63, 3.8) is 0 Å². The molecule has 4 unspecified atom stereocenters. The highest BCUT2D eigenvalue weighted by Crippen LogP contribution is 2.58. The Morgan fingerprint density at radius 2 is 1.88 bits per heavy atom. The summed E-state index contributed by atoms with van der Waals surface area (Å²) in [7, 11) is 0. The highest BCUT2D eigenvalue weighted by molar-refractivity contribution is 5.91. The van der Waals surface area contributed by atoms with E-state index in [1.165, 1.54) is 48.9 Å². The number of nitrogens with zero attached hydrogens (tertiary/aromatic N) is 4. The highest BCUT2D eigenvalue weighted by Gasteiger charge is 2.47. The van der Waals surface area contributed by atoms with Gasteiger partial charge < -0.3 is 16.0 Å². The largest absolute Gasteiger partial charge is 0.384 e. The summed E-state index contributed by atoms with van der Waals surface area (Å²) in [5, 5.41) is 2.28. The molecule has 0 aliphatic heterocycles. The SMILES string of the molecule is Nc1ccc2ccc(C3CC3C3CCC(n4c5c(c6c(N)ncnc64)CCC5)C3)cc2n1. The number of nitrogens with two attached hydrogens (primary N) is 2. The molecule has 4 aromatic rings. The Morgan fingerprint density at radius 3 is 2.81 bits per heavy atom. The number of aryl methyl sites for hydroxylation is 1. The molecular formula is C26H28N6. The van der Waals surface area contributed by atoms with Crippen molar-refractivity contribution < 1.29 is 0 Å². The van der Waals surface area contributed by atoms with E-state index in [1.807, 2.05) is 6.07 Å². The van der Waals surface area contributed by atoms with Crippen LogP contribution in [0.3, 0.4) is 0 Å². The van der Waals surface area contributed by atoms with Crippen LogP contribution in [0, 0.1) is 11.8 Å². The van der Waals surface area contributed by atoms with Gasteiger partial charge in [0.2, 0.25) is 0 Å². The zero-order valence-electron chi connectivity index (χ0n) is 18.2. The molecular weight excluding hydrogens is 396 g/mol. The summed E-state index contributed by atoms with van der Waals surface area (Å²) < 4.78 is 2.55. The minimum atomic E-state index is 0.540. The molecule has 0 saturated heterocycles. The van der Waals surface area contributed by atoms with E-state index in [-0.39, 0.29) is 0 Å².